The van der Waals surface area contributed by atoms with Crippen LogP contribution in [0.2, 0.25) is 5.02 Å². The summed E-state index contributed by atoms with van der Waals surface area (Å²) in [5.74, 6) is 0.462. The van der Waals surface area contributed by atoms with Crippen molar-refractivity contribution in [2.45, 2.75) is 38.6 Å². The van der Waals surface area contributed by atoms with Crippen LogP contribution in [0.4, 0.5) is 5.69 Å². The zero-order chi connectivity index (χ0) is 12.6. The topological polar surface area (TPSA) is 23.5 Å². The average molecular weight is 254 g/mol. The van der Waals surface area contributed by atoms with E-state index in [1.807, 2.05) is 12.1 Å². The van der Waals surface area contributed by atoms with E-state index in [-0.39, 0.29) is 12.1 Å². The fourth-order valence-corrected chi connectivity index (χ4v) is 3.42. The van der Waals surface area contributed by atoms with Crippen LogP contribution in [-0.4, -0.2) is 23.8 Å². The lowest BCUT2D eigenvalue weighted by molar-refractivity contribution is 0.277. The molecule has 3 heteroatoms. The van der Waals surface area contributed by atoms with Gasteiger partial charge in [-0.2, -0.15) is 0 Å². The first-order valence-electron chi connectivity index (χ1n) is 6.14. The Kier molecular flexibility index (Phi) is 3.37. The molecule has 0 spiro atoms. The molecule has 0 aliphatic carbocycles. The third-order valence-electron chi connectivity index (χ3n) is 3.67. The molecule has 1 aromatic rings. The normalized spacial score (nSPS) is 22.4. The van der Waals surface area contributed by atoms with E-state index in [4.69, 9.17) is 11.6 Å². The summed E-state index contributed by atoms with van der Waals surface area (Å²) in [6, 6.07) is 6.04. The van der Waals surface area contributed by atoms with Gasteiger partial charge >= 0.3 is 0 Å². The SMILES string of the molecule is CC1CC(C)(C)N(CCO)c2cccc(Cl)c21. The maximum Gasteiger partial charge on any atom is 0.0606 e. The number of anilines is 1. The summed E-state index contributed by atoms with van der Waals surface area (Å²) in [4.78, 5) is 2.27. The third-order valence-corrected chi connectivity index (χ3v) is 4.00. The van der Waals surface area contributed by atoms with Gasteiger partial charge in [0.1, 0.15) is 0 Å². The van der Waals surface area contributed by atoms with Gasteiger partial charge in [-0.1, -0.05) is 24.6 Å². The number of aliphatic hydroxyl groups is 1. The molecule has 1 aliphatic heterocycles. The van der Waals surface area contributed by atoms with E-state index in [1.54, 1.807) is 0 Å². The predicted octanol–water partition coefficient (Wildman–Crippen LogP) is 3.42. The molecule has 0 bridgehead atoms. The molecule has 1 aliphatic rings. The summed E-state index contributed by atoms with van der Waals surface area (Å²) in [5.41, 5.74) is 2.47. The summed E-state index contributed by atoms with van der Waals surface area (Å²) in [5, 5.41) is 10.1. The summed E-state index contributed by atoms with van der Waals surface area (Å²) in [6.45, 7) is 7.51. The second-order valence-corrected chi connectivity index (χ2v) is 5.87. The molecular weight excluding hydrogens is 234 g/mol. The molecule has 1 unspecified atom stereocenters. The van der Waals surface area contributed by atoms with E-state index in [2.05, 4.69) is 31.7 Å². The first-order chi connectivity index (χ1) is 7.97. The first kappa shape index (κ1) is 12.7. The summed E-state index contributed by atoms with van der Waals surface area (Å²) < 4.78 is 0. The van der Waals surface area contributed by atoms with Crippen molar-refractivity contribution in [2.75, 3.05) is 18.1 Å². The summed E-state index contributed by atoms with van der Waals surface area (Å²) in [7, 11) is 0. The van der Waals surface area contributed by atoms with E-state index in [0.29, 0.717) is 12.5 Å². The first-order valence-corrected chi connectivity index (χ1v) is 6.52. The summed E-state index contributed by atoms with van der Waals surface area (Å²) >= 11 is 6.31. The molecule has 1 aromatic carbocycles. The molecule has 0 amide bonds. The lowest BCUT2D eigenvalue weighted by Gasteiger charge is -2.47. The molecule has 0 saturated heterocycles. The van der Waals surface area contributed by atoms with Gasteiger partial charge in [-0.05, 0) is 43.9 Å². The lowest BCUT2D eigenvalue weighted by Crippen LogP contribution is -2.49. The van der Waals surface area contributed by atoms with Gasteiger partial charge in [0.25, 0.3) is 0 Å². The van der Waals surface area contributed by atoms with Crippen LogP contribution < -0.4 is 4.90 Å². The van der Waals surface area contributed by atoms with Crippen LogP contribution >= 0.6 is 11.6 Å². The van der Waals surface area contributed by atoms with Crippen molar-refractivity contribution in [1.29, 1.82) is 0 Å². The Balaban J connectivity index is 2.53. The average Bonchev–Trinajstić information content (AvgIpc) is 2.23. The molecule has 2 rings (SSSR count). The van der Waals surface area contributed by atoms with E-state index in [9.17, 15) is 5.11 Å². The number of β-amino-alcohol motifs (C(OH)–C–C–N with tert-alkyl or cyclic N) is 1. The molecule has 1 N–H and O–H groups in total. The monoisotopic (exact) mass is 253 g/mol. The minimum absolute atomic E-state index is 0.0693. The van der Waals surface area contributed by atoms with Crippen molar-refractivity contribution in [3.05, 3.63) is 28.8 Å². The zero-order valence-corrected chi connectivity index (χ0v) is 11.5. The second kappa shape index (κ2) is 4.51. The van der Waals surface area contributed by atoms with Gasteiger partial charge in [-0.15, -0.1) is 0 Å². The van der Waals surface area contributed by atoms with Crippen molar-refractivity contribution in [2.24, 2.45) is 0 Å². The molecule has 17 heavy (non-hydrogen) atoms. The van der Waals surface area contributed by atoms with Gasteiger partial charge in [-0.25, -0.2) is 0 Å². The van der Waals surface area contributed by atoms with Gasteiger partial charge < -0.3 is 10.0 Å². The number of fused-ring (bicyclic) bond motifs is 1. The highest BCUT2D eigenvalue weighted by atomic mass is 35.5. The minimum atomic E-state index is 0.0693. The van der Waals surface area contributed by atoms with Crippen LogP contribution in [0.1, 0.15) is 38.7 Å². The van der Waals surface area contributed by atoms with Crippen LogP contribution in [0.25, 0.3) is 0 Å². The lowest BCUT2D eigenvalue weighted by atomic mass is 9.80. The highest BCUT2D eigenvalue weighted by molar-refractivity contribution is 6.31. The van der Waals surface area contributed by atoms with Crippen LogP contribution in [0, 0.1) is 0 Å². The van der Waals surface area contributed by atoms with Crippen molar-refractivity contribution in [1.82, 2.24) is 0 Å². The van der Waals surface area contributed by atoms with Crippen LogP contribution in [0.15, 0.2) is 18.2 Å². The number of rotatable bonds is 2. The van der Waals surface area contributed by atoms with Crippen LogP contribution in [0.3, 0.4) is 0 Å². The number of nitrogens with zero attached hydrogens (tertiary/aromatic N) is 1. The maximum absolute atomic E-state index is 9.24. The molecule has 0 saturated carbocycles. The van der Waals surface area contributed by atoms with Crippen molar-refractivity contribution < 1.29 is 5.11 Å². The Hall–Kier alpha value is -0.730. The van der Waals surface area contributed by atoms with E-state index < -0.39 is 0 Å². The molecule has 0 aromatic heterocycles. The molecule has 0 radical (unpaired) electrons. The number of benzene rings is 1. The van der Waals surface area contributed by atoms with E-state index in [1.165, 1.54) is 11.3 Å². The molecule has 1 heterocycles. The van der Waals surface area contributed by atoms with Crippen LogP contribution in [-0.2, 0) is 0 Å². The minimum Gasteiger partial charge on any atom is -0.395 e. The number of aliphatic hydroxyl groups excluding tert-OH is 1. The Morgan fingerprint density at radius 2 is 2.18 bits per heavy atom. The zero-order valence-electron chi connectivity index (χ0n) is 10.7. The highest BCUT2D eigenvalue weighted by Gasteiger charge is 2.36. The number of halogens is 1. The van der Waals surface area contributed by atoms with Crippen molar-refractivity contribution in [3.63, 3.8) is 0 Å². The van der Waals surface area contributed by atoms with Gasteiger partial charge in [0.15, 0.2) is 0 Å². The standard InChI is InChI=1S/C14H20ClNO/c1-10-9-14(2,3)16(7-8-17)12-6-4-5-11(15)13(10)12/h4-6,10,17H,7-9H2,1-3H3. The molecule has 0 fully saturated rings. The smallest absolute Gasteiger partial charge is 0.0606 e. The van der Waals surface area contributed by atoms with Crippen LogP contribution in [0.5, 0.6) is 0 Å². The van der Waals surface area contributed by atoms with E-state index in [0.717, 1.165) is 11.4 Å². The fraction of sp³-hybridized carbons (Fsp3) is 0.571. The Bertz CT molecular complexity index is 417. The van der Waals surface area contributed by atoms with Gasteiger partial charge in [0, 0.05) is 22.8 Å². The van der Waals surface area contributed by atoms with Gasteiger partial charge in [0.05, 0.1) is 6.61 Å². The number of hydrogen-bond donors (Lipinski definition) is 1. The Morgan fingerprint density at radius 3 is 2.82 bits per heavy atom. The quantitative estimate of drug-likeness (QED) is 0.873. The molecular formula is C14H20ClNO. The van der Waals surface area contributed by atoms with E-state index >= 15 is 0 Å². The van der Waals surface area contributed by atoms with Gasteiger partial charge in [0.2, 0.25) is 0 Å². The third kappa shape index (κ3) is 2.16. The maximum atomic E-state index is 9.24. The van der Waals surface area contributed by atoms with Crippen molar-refractivity contribution >= 4 is 17.3 Å². The number of hydrogen-bond acceptors (Lipinski definition) is 2. The fourth-order valence-electron chi connectivity index (χ4n) is 3.06. The largest absolute Gasteiger partial charge is 0.395 e. The Labute approximate surface area is 108 Å². The molecule has 94 valence electrons. The second-order valence-electron chi connectivity index (χ2n) is 5.47. The van der Waals surface area contributed by atoms with Crippen molar-refractivity contribution in [3.8, 4) is 0 Å². The predicted molar refractivity (Wildman–Crippen MR) is 73.0 cm³/mol. The van der Waals surface area contributed by atoms with Gasteiger partial charge in [-0.3, -0.25) is 0 Å². The Morgan fingerprint density at radius 1 is 1.47 bits per heavy atom. The highest BCUT2D eigenvalue weighted by Crippen LogP contribution is 2.45. The summed E-state index contributed by atoms with van der Waals surface area (Å²) in [6.07, 6.45) is 1.06. The molecule has 2 nitrogen and oxygen atoms in total. The molecule has 1 atom stereocenters.